The Morgan fingerprint density at radius 2 is 1.70 bits per heavy atom. The van der Waals surface area contributed by atoms with Crippen molar-refractivity contribution in [3.05, 3.63) is 29.8 Å². The third kappa shape index (κ3) is 6.20. The summed E-state index contributed by atoms with van der Waals surface area (Å²) in [5.74, 6) is 0.739. The predicted octanol–water partition coefficient (Wildman–Crippen LogP) is 3.86. The van der Waals surface area contributed by atoms with E-state index in [1.165, 1.54) is 56.7 Å². The zero-order valence-corrected chi connectivity index (χ0v) is 17.7. The van der Waals surface area contributed by atoms with Gasteiger partial charge in [0.2, 0.25) is 0 Å². The van der Waals surface area contributed by atoms with Crippen LogP contribution in [0.2, 0.25) is 0 Å². The Kier molecular flexibility index (Phi) is 7.98. The highest BCUT2D eigenvalue weighted by atomic mass is 16.5. The summed E-state index contributed by atoms with van der Waals surface area (Å²) in [6.07, 6.45) is 3.78. The van der Waals surface area contributed by atoms with Crippen molar-refractivity contribution in [2.75, 3.05) is 57.4 Å². The van der Waals surface area contributed by atoms with Gasteiger partial charge >= 0.3 is 0 Å². The van der Waals surface area contributed by atoms with Crippen molar-refractivity contribution in [1.29, 1.82) is 0 Å². The van der Waals surface area contributed by atoms with Crippen molar-refractivity contribution in [3.63, 3.8) is 0 Å². The van der Waals surface area contributed by atoms with E-state index in [2.05, 4.69) is 59.7 Å². The van der Waals surface area contributed by atoms with Crippen molar-refractivity contribution in [3.8, 4) is 0 Å². The zero-order chi connectivity index (χ0) is 19.1. The maximum Gasteiger partial charge on any atom is 0.0518 e. The molecular formula is C23H39N3O. The number of hydrogen-bond donors (Lipinski definition) is 0. The third-order valence-electron chi connectivity index (χ3n) is 6.03. The van der Waals surface area contributed by atoms with Gasteiger partial charge in [0.05, 0.1) is 6.61 Å². The summed E-state index contributed by atoms with van der Waals surface area (Å²) in [5, 5.41) is 0. The van der Waals surface area contributed by atoms with Gasteiger partial charge in [-0.2, -0.15) is 0 Å². The first kappa shape index (κ1) is 20.6. The van der Waals surface area contributed by atoms with E-state index in [0.29, 0.717) is 6.04 Å². The van der Waals surface area contributed by atoms with Crippen LogP contribution in [-0.4, -0.2) is 68.3 Å². The van der Waals surface area contributed by atoms with E-state index in [1.54, 1.807) is 0 Å². The van der Waals surface area contributed by atoms with Gasteiger partial charge in [-0.15, -0.1) is 0 Å². The molecule has 1 aromatic carbocycles. The van der Waals surface area contributed by atoms with Crippen LogP contribution in [-0.2, 0) is 11.3 Å². The molecule has 0 unspecified atom stereocenters. The maximum absolute atomic E-state index is 5.81. The summed E-state index contributed by atoms with van der Waals surface area (Å²) in [6.45, 7) is 16.8. The lowest BCUT2D eigenvalue weighted by Crippen LogP contribution is -2.49. The Balaban J connectivity index is 1.33. The van der Waals surface area contributed by atoms with E-state index in [4.69, 9.17) is 4.74 Å². The topological polar surface area (TPSA) is 19.0 Å². The van der Waals surface area contributed by atoms with Crippen LogP contribution in [0.15, 0.2) is 24.3 Å². The Morgan fingerprint density at radius 3 is 2.33 bits per heavy atom. The minimum atomic E-state index is 0.664. The van der Waals surface area contributed by atoms with Gasteiger partial charge in [0.15, 0.2) is 0 Å². The number of piperazine rings is 1. The molecule has 27 heavy (non-hydrogen) atoms. The summed E-state index contributed by atoms with van der Waals surface area (Å²) in [5.41, 5.74) is 2.81. The van der Waals surface area contributed by atoms with Gasteiger partial charge in [-0.25, -0.2) is 0 Å². The number of anilines is 1. The van der Waals surface area contributed by atoms with Crippen LogP contribution >= 0.6 is 0 Å². The number of hydrogen-bond acceptors (Lipinski definition) is 4. The normalized spacial score (nSPS) is 19.6. The molecule has 0 spiro atoms. The van der Waals surface area contributed by atoms with E-state index in [9.17, 15) is 0 Å². The summed E-state index contributed by atoms with van der Waals surface area (Å²) in [4.78, 5) is 7.63. The average Bonchev–Trinajstić information content (AvgIpc) is 2.66. The molecule has 2 saturated heterocycles. The minimum absolute atomic E-state index is 0.664. The van der Waals surface area contributed by atoms with Crippen molar-refractivity contribution in [2.45, 2.75) is 52.6 Å². The first-order chi connectivity index (χ1) is 13.2. The summed E-state index contributed by atoms with van der Waals surface area (Å²) in [6, 6.07) is 9.93. The minimum Gasteiger partial charge on any atom is -0.381 e. The molecule has 0 bridgehead atoms. The molecule has 4 nitrogen and oxygen atoms in total. The van der Waals surface area contributed by atoms with Crippen LogP contribution in [0.5, 0.6) is 0 Å². The summed E-state index contributed by atoms with van der Waals surface area (Å²) >= 11 is 0. The monoisotopic (exact) mass is 373 g/mol. The molecule has 0 saturated carbocycles. The lowest BCUT2D eigenvalue weighted by Gasteiger charge is -2.39. The van der Waals surface area contributed by atoms with Gasteiger partial charge in [0.1, 0.15) is 0 Å². The molecule has 0 N–H and O–H groups in total. The lowest BCUT2D eigenvalue weighted by molar-refractivity contribution is 0.00962. The number of rotatable bonds is 10. The van der Waals surface area contributed by atoms with Crippen LogP contribution < -0.4 is 4.90 Å². The molecule has 1 aromatic rings. The smallest absolute Gasteiger partial charge is 0.0518 e. The van der Waals surface area contributed by atoms with E-state index in [0.717, 1.165) is 38.8 Å². The van der Waals surface area contributed by atoms with Crippen LogP contribution in [0.25, 0.3) is 0 Å². The molecule has 2 heterocycles. The molecule has 3 rings (SSSR count). The second-order valence-corrected chi connectivity index (χ2v) is 8.63. The van der Waals surface area contributed by atoms with Gasteiger partial charge in [-0.05, 0) is 38.0 Å². The standard InChI is InChI=1S/C23H39N3O/c1-4-5-6-15-27-19-22-17-24(18-22)16-21-7-9-23(10-8-21)26-13-11-25(12-14-26)20(2)3/h7-10,20,22H,4-6,11-19H2,1-3H3. The number of benzene rings is 1. The predicted molar refractivity (Wildman–Crippen MR) is 114 cm³/mol. The van der Waals surface area contributed by atoms with Gasteiger partial charge in [-0.1, -0.05) is 31.9 Å². The Labute approximate surface area is 166 Å². The molecule has 2 aliphatic rings. The molecule has 2 fully saturated rings. The van der Waals surface area contributed by atoms with Crippen molar-refractivity contribution in [2.24, 2.45) is 5.92 Å². The molecule has 2 aliphatic heterocycles. The van der Waals surface area contributed by atoms with Crippen molar-refractivity contribution < 1.29 is 4.74 Å². The van der Waals surface area contributed by atoms with Crippen molar-refractivity contribution in [1.82, 2.24) is 9.80 Å². The molecule has 0 radical (unpaired) electrons. The molecule has 0 atom stereocenters. The van der Waals surface area contributed by atoms with E-state index in [-0.39, 0.29) is 0 Å². The SMILES string of the molecule is CCCCCOCC1CN(Cc2ccc(N3CCN(C(C)C)CC3)cc2)C1. The fourth-order valence-electron chi connectivity index (χ4n) is 4.18. The molecule has 152 valence electrons. The zero-order valence-electron chi connectivity index (χ0n) is 17.7. The molecule has 0 aliphatic carbocycles. The summed E-state index contributed by atoms with van der Waals surface area (Å²) < 4.78 is 5.81. The Hall–Kier alpha value is -1.10. The van der Waals surface area contributed by atoms with E-state index < -0.39 is 0 Å². The van der Waals surface area contributed by atoms with Gasteiger partial charge < -0.3 is 9.64 Å². The van der Waals surface area contributed by atoms with Crippen LogP contribution in [0, 0.1) is 5.92 Å². The summed E-state index contributed by atoms with van der Waals surface area (Å²) in [7, 11) is 0. The second-order valence-electron chi connectivity index (χ2n) is 8.63. The van der Waals surface area contributed by atoms with Crippen LogP contribution in [0.1, 0.15) is 45.6 Å². The van der Waals surface area contributed by atoms with E-state index >= 15 is 0 Å². The largest absolute Gasteiger partial charge is 0.381 e. The average molecular weight is 374 g/mol. The van der Waals surface area contributed by atoms with E-state index in [1.807, 2.05) is 0 Å². The third-order valence-corrected chi connectivity index (χ3v) is 6.03. The van der Waals surface area contributed by atoms with Gasteiger partial charge in [0, 0.05) is 70.1 Å². The maximum atomic E-state index is 5.81. The molecular weight excluding hydrogens is 334 g/mol. The van der Waals surface area contributed by atoms with Gasteiger partial charge in [-0.3, -0.25) is 9.80 Å². The quantitative estimate of drug-likeness (QED) is 0.580. The first-order valence-electron chi connectivity index (χ1n) is 11.0. The highest BCUT2D eigenvalue weighted by Gasteiger charge is 2.26. The van der Waals surface area contributed by atoms with Crippen molar-refractivity contribution >= 4 is 5.69 Å². The molecule has 4 heteroatoms. The molecule has 0 aromatic heterocycles. The fourth-order valence-corrected chi connectivity index (χ4v) is 4.18. The highest BCUT2D eigenvalue weighted by molar-refractivity contribution is 5.48. The second kappa shape index (κ2) is 10.4. The highest BCUT2D eigenvalue weighted by Crippen LogP contribution is 2.22. The lowest BCUT2D eigenvalue weighted by atomic mass is 10.00. The Bertz CT molecular complexity index is 531. The van der Waals surface area contributed by atoms with Gasteiger partial charge in [0.25, 0.3) is 0 Å². The number of nitrogens with zero attached hydrogens (tertiary/aromatic N) is 3. The van der Waals surface area contributed by atoms with Crippen LogP contribution in [0.4, 0.5) is 5.69 Å². The molecule has 0 amide bonds. The van der Waals surface area contributed by atoms with Crippen LogP contribution in [0.3, 0.4) is 0 Å². The first-order valence-corrected chi connectivity index (χ1v) is 11.0. The number of unbranched alkanes of at least 4 members (excludes halogenated alkanes) is 2. The Morgan fingerprint density at radius 1 is 1.00 bits per heavy atom. The number of ether oxygens (including phenoxy) is 1. The number of likely N-dealkylation sites (tertiary alicyclic amines) is 1. The fraction of sp³-hybridized carbons (Fsp3) is 0.739.